The number of anilines is 3. The Morgan fingerprint density at radius 1 is 0.886 bits per heavy atom. The second kappa shape index (κ2) is 9.90. The summed E-state index contributed by atoms with van der Waals surface area (Å²) >= 11 is 0. The zero-order valence-electron chi connectivity index (χ0n) is 20.9. The maximum Gasteiger partial charge on any atom is 0.223 e. The van der Waals surface area contributed by atoms with Crippen LogP contribution in [0.25, 0.3) is 28.0 Å². The van der Waals surface area contributed by atoms with Gasteiger partial charge in [-0.2, -0.15) is 5.10 Å². The van der Waals surface area contributed by atoms with Crippen molar-refractivity contribution in [2.24, 2.45) is 0 Å². The van der Waals surface area contributed by atoms with Crippen molar-refractivity contribution in [2.75, 3.05) is 16.0 Å². The van der Waals surface area contributed by atoms with Gasteiger partial charge in [-0.05, 0) is 70.9 Å². The van der Waals surface area contributed by atoms with Gasteiger partial charge in [0.15, 0.2) is 0 Å². The Morgan fingerprint density at radius 3 is 2.46 bits per heavy atom. The van der Waals surface area contributed by atoms with Gasteiger partial charge in [-0.3, -0.25) is 0 Å². The van der Waals surface area contributed by atoms with Gasteiger partial charge in [-0.1, -0.05) is 18.9 Å². The highest BCUT2D eigenvalue weighted by Crippen LogP contribution is 2.38. The second-order valence-corrected chi connectivity index (χ2v) is 9.82. The summed E-state index contributed by atoms with van der Waals surface area (Å²) in [5.74, 6) is 2.41. The fraction of sp³-hybridized carbons (Fsp3) is 0.407. The molecule has 0 spiro atoms. The molecule has 8 nitrogen and oxygen atoms in total. The van der Waals surface area contributed by atoms with Gasteiger partial charge in [-0.15, -0.1) is 0 Å². The Morgan fingerprint density at radius 2 is 1.69 bits per heavy atom. The van der Waals surface area contributed by atoms with E-state index < -0.39 is 0 Å². The van der Waals surface area contributed by atoms with E-state index in [1.807, 2.05) is 29.0 Å². The second-order valence-electron chi connectivity index (χ2n) is 9.82. The number of hydrogen-bond acceptors (Lipinski definition) is 7. The van der Waals surface area contributed by atoms with Crippen molar-refractivity contribution in [1.82, 2.24) is 24.6 Å². The monoisotopic (exact) mass is 470 g/mol. The van der Waals surface area contributed by atoms with E-state index in [2.05, 4.69) is 77.9 Å². The van der Waals surface area contributed by atoms with Crippen LogP contribution in [0.15, 0.2) is 48.8 Å². The lowest BCUT2D eigenvalue weighted by atomic mass is 10.0. The third kappa shape index (κ3) is 4.92. The van der Waals surface area contributed by atoms with Crippen LogP contribution in [0.5, 0.6) is 0 Å². The van der Waals surface area contributed by atoms with Gasteiger partial charge in [-0.25, -0.2) is 19.5 Å². The SMILES string of the molecule is CC(C)Nc1ncccc1-c1nn2c(NC(C)C)cccc2c1-c1ccnc(NC2CCCC2)n1. The average molecular weight is 471 g/mol. The Hall–Kier alpha value is -3.68. The average Bonchev–Trinajstić information content (AvgIpc) is 3.47. The summed E-state index contributed by atoms with van der Waals surface area (Å²) in [5, 5.41) is 15.6. The van der Waals surface area contributed by atoms with Crippen LogP contribution >= 0.6 is 0 Å². The molecule has 1 aliphatic rings. The first-order valence-electron chi connectivity index (χ1n) is 12.6. The molecule has 0 aliphatic heterocycles. The highest BCUT2D eigenvalue weighted by atomic mass is 15.3. The largest absolute Gasteiger partial charge is 0.368 e. The molecule has 4 heterocycles. The molecular weight excluding hydrogens is 436 g/mol. The molecular formula is C27H34N8. The lowest BCUT2D eigenvalue weighted by Crippen LogP contribution is -2.16. The van der Waals surface area contributed by atoms with Crippen molar-refractivity contribution < 1.29 is 0 Å². The zero-order chi connectivity index (χ0) is 24.4. The summed E-state index contributed by atoms with van der Waals surface area (Å²) in [6, 6.07) is 13.1. The van der Waals surface area contributed by atoms with Gasteiger partial charge in [0.05, 0.1) is 16.8 Å². The molecule has 0 atom stereocenters. The summed E-state index contributed by atoms with van der Waals surface area (Å²) < 4.78 is 1.98. The molecule has 4 aromatic rings. The fourth-order valence-electron chi connectivity index (χ4n) is 4.72. The van der Waals surface area contributed by atoms with E-state index in [1.54, 1.807) is 0 Å². The first-order valence-corrected chi connectivity index (χ1v) is 12.6. The third-order valence-electron chi connectivity index (χ3n) is 6.18. The van der Waals surface area contributed by atoms with Crippen LogP contribution in [0, 0.1) is 0 Å². The van der Waals surface area contributed by atoms with E-state index in [0.717, 1.165) is 39.7 Å². The minimum atomic E-state index is 0.239. The highest BCUT2D eigenvalue weighted by molar-refractivity contribution is 5.94. The van der Waals surface area contributed by atoms with Crippen molar-refractivity contribution in [3.8, 4) is 22.5 Å². The van der Waals surface area contributed by atoms with Crippen LogP contribution in [0.2, 0.25) is 0 Å². The predicted octanol–water partition coefficient (Wildman–Crippen LogP) is 5.85. The summed E-state index contributed by atoms with van der Waals surface area (Å²) in [6.45, 7) is 8.47. The number of rotatable bonds is 8. The van der Waals surface area contributed by atoms with Crippen molar-refractivity contribution in [3.05, 3.63) is 48.8 Å². The van der Waals surface area contributed by atoms with Crippen LogP contribution in [0.3, 0.4) is 0 Å². The molecule has 0 unspecified atom stereocenters. The van der Waals surface area contributed by atoms with Crippen LogP contribution in [-0.4, -0.2) is 42.7 Å². The third-order valence-corrected chi connectivity index (χ3v) is 6.18. The summed E-state index contributed by atoms with van der Waals surface area (Å²) in [5.41, 5.74) is 4.57. The van der Waals surface area contributed by atoms with Crippen molar-refractivity contribution in [3.63, 3.8) is 0 Å². The normalized spacial score (nSPS) is 14.2. The van der Waals surface area contributed by atoms with E-state index in [4.69, 9.17) is 10.1 Å². The minimum Gasteiger partial charge on any atom is -0.368 e. The topological polar surface area (TPSA) is 92.1 Å². The van der Waals surface area contributed by atoms with Crippen LogP contribution in [-0.2, 0) is 0 Å². The van der Waals surface area contributed by atoms with Crippen LogP contribution in [0.4, 0.5) is 17.6 Å². The van der Waals surface area contributed by atoms with E-state index in [9.17, 15) is 0 Å². The number of fused-ring (bicyclic) bond motifs is 1. The smallest absolute Gasteiger partial charge is 0.223 e. The van der Waals surface area contributed by atoms with Gasteiger partial charge in [0, 0.05) is 36.1 Å². The Bertz CT molecular complexity index is 1300. The molecule has 0 bridgehead atoms. The number of nitrogens with zero attached hydrogens (tertiary/aromatic N) is 5. The standard InChI is InChI=1S/C27H34N8/c1-17(2)30-23-13-7-12-22-24(21-14-16-29-27(33-21)32-19-9-5-6-10-19)25(34-35(22)23)20-11-8-15-28-26(20)31-18(3)4/h7-8,11-19,30H,5-6,9-10H2,1-4H3,(H,28,31)(H,29,32,33). The Balaban J connectivity index is 1.69. The minimum absolute atomic E-state index is 0.239. The summed E-state index contributed by atoms with van der Waals surface area (Å²) in [7, 11) is 0. The molecule has 1 fully saturated rings. The summed E-state index contributed by atoms with van der Waals surface area (Å²) in [6.07, 6.45) is 8.49. The molecule has 8 heteroatoms. The van der Waals surface area contributed by atoms with Crippen LogP contribution in [0.1, 0.15) is 53.4 Å². The van der Waals surface area contributed by atoms with E-state index in [-0.39, 0.29) is 12.1 Å². The number of aromatic nitrogens is 5. The molecule has 0 saturated heterocycles. The van der Waals surface area contributed by atoms with Gasteiger partial charge in [0.1, 0.15) is 17.3 Å². The highest BCUT2D eigenvalue weighted by Gasteiger charge is 2.23. The van der Waals surface area contributed by atoms with Crippen molar-refractivity contribution in [1.29, 1.82) is 0 Å². The first kappa shape index (κ1) is 23.1. The molecule has 0 aromatic carbocycles. The molecule has 35 heavy (non-hydrogen) atoms. The molecule has 1 saturated carbocycles. The Labute approximate surface area is 206 Å². The maximum absolute atomic E-state index is 5.11. The quantitative estimate of drug-likeness (QED) is 0.297. The van der Waals surface area contributed by atoms with Crippen LogP contribution < -0.4 is 16.0 Å². The lowest BCUT2D eigenvalue weighted by molar-refractivity contribution is 0.744. The van der Waals surface area contributed by atoms with E-state index >= 15 is 0 Å². The Kier molecular flexibility index (Phi) is 6.53. The first-order chi connectivity index (χ1) is 17.0. The van der Waals surface area contributed by atoms with E-state index in [0.29, 0.717) is 12.0 Å². The van der Waals surface area contributed by atoms with Gasteiger partial charge >= 0.3 is 0 Å². The van der Waals surface area contributed by atoms with Gasteiger partial charge < -0.3 is 16.0 Å². The molecule has 5 rings (SSSR count). The molecule has 4 aromatic heterocycles. The number of pyridine rings is 2. The number of nitrogens with one attached hydrogen (secondary N) is 3. The molecule has 0 amide bonds. The predicted molar refractivity (Wildman–Crippen MR) is 143 cm³/mol. The molecule has 3 N–H and O–H groups in total. The summed E-state index contributed by atoms with van der Waals surface area (Å²) in [4.78, 5) is 14.1. The van der Waals surface area contributed by atoms with Crippen molar-refractivity contribution >= 4 is 23.1 Å². The molecule has 1 aliphatic carbocycles. The molecule has 0 radical (unpaired) electrons. The van der Waals surface area contributed by atoms with Gasteiger partial charge in [0.25, 0.3) is 0 Å². The lowest BCUT2D eigenvalue weighted by Gasteiger charge is -2.14. The fourth-order valence-corrected chi connectivity index (χ4v) is 4.72. The van der Waals surface area contributed by atoms with Gasteiger partial charge in [0.2, 0.25) is 5.95 Å². The maximum atomic E-state index is 5.11. The zero-order valence-corrected chi connectivity index (χ0v) is 20.9. The van der Waals surface area contributed by atoms with E-state index in [1.165, 1.54) is 25.7 Å². The number of hydrogen-bond donors (Lipinski definition) is 3. The molecule has 182 valence electrons. The van der Waals surface area contributed by atoms with Crippen molar-refractivity contribution in [2.45, 2.75) is 71.5 Å².